The summed E-state index contributed by atoms with van der Waals surface area (Å²) in [4.78, 5) is 40.4. The van der Waals surface area contributed by atoms with Gasteiger partial charge in [-0.05, 0) is 86.8 Å². The number of hydrogen-bond donors (Lipinski definition) is 1. The summed E-state index contributed by atoms with van der Waals surface area (Å²) in [6.07, 6.45) is -0.436. The lowest BCUT2D eigenvalue weighted by molar-refractivity contribution is -0.117. The van der Waals surface area contributed by atoms with Crippen LogP contribution in [0.25, 0.3) is 0 Å². The third-order valence-corrected chi connectivity index (χ3v) is 9.43. The van der Waals surface area contributed by atoms with Crippen molar-refractivity contribution in [2.45, 2.75) is 50.0 Å². The highest BCUT2D eigenvalue weighted by atomic mass is 35.5. The first kappa shape index (κ1) is 33.7. The molecule has 4 rings (SSSR count). The largest absolute Gasteiger partial charge is 0.443 e. The Balaban J connectivity index is 1.47. The number of halogens is 6. The molecular weight excluding hydrogens is 677 g/mol. The molecule has 2 amide bonds. The average molecular weight is 705 g/mol. The number of nitrogens with zero attached hydrogens (tertiary/aromatic N) is 1. The highest BCUT2D eigenvalue weighted by Gasteiger charge is 2.67. The summed E-state index contributed by atoms with van der Waals surface area (Å²) in [6, 6.07) is 13.1. The molecule has 1 aliphatic carbocycles. The maximum Gasteiger partial charge on any atom is 0.414 e. The molecule has 0 heterocycles. The Morgan fingerprint density at radius 3 is 2.14 bits per heavy atom. The number of alkyl halides is 2. The maximum atomic E-state index is 13.3. The van der Waals surface area contributed by atoms with Crippen LogP contribution in [0.2, 0.25) is 20.1 Å². The van der Waals surface area contributed by atoms with E-state index in [0.717, 1.165) is 11.1 Å². The topological polar surface area (TPSA) is 75.7 Å². The predicted molar refractivity (Wildman–Crippen MR) is 176 cm³/mol. The molecule has 2 atom stereocenters. The molecule has 228 valence electrons. The van der Waals surface area contributed by atoms with E-state index >= 15 is 0 Å². The van der Waals surface area contributed by atoms with Crippen LogP contribution < -0.4 is 10.2 Å². The quantitative estimate of drug-likeness (QED) is 0.151. The Labute approximate surface area is 280 Å². The molecule has 1 fully saturated rings. The minimum absolute atomic E-state index is 0.0502. The Morgan fingerprint density at radius 2 is 1.56 bits per heavy atom. The summed E-state index contributed by atoms with van der Waals surface area (Å²) < 4.78 is 4.04. The van der Waals surface area contributed by atoms with Crippen LogP contribution in [0.15, 0.2) is 48.5 Å². The van der Waals surface area contributed by atoms with Crippen LogP contribution in [0.4, 0.5) is 16.2 Å². The van der Waals surface area contributed by atoms with Crippen molar-refractivity contribution in [3.63, 3.8) is 0 Å². The van der Waals surface area contributed by atoms with Gasteiger partial charge in [0.1, 0.15) is 9.93 Å². The van der Waals surface area contributed by atoms with E-state index in [1.807, 2.05) is 13.0 Å². The Hall–Kier alpha value is -2.19. The zero-order valence-corrected chi connectivity index (χ0v) is 28.4. The van der Waals surface area contributed by atoms with Crippen molar-refractivity contribution < 1.29 is 19.1 Å². The summed E-state index contributed by atoms with van der Waals surface area (Å²) in [6.45, 7) is 7.24. The zero-order valence-electron chi connectivity index (χ0n) is 23.8. The fourth-order valence-electron chi connectivity index (χ4n) is 4.65. The second kappa shape index (κ2) is 12.7. The molecule has 2 unspecified atom stereocenters. The minimum Gasteiger partial charge on any atom is -0.443 e. The smallest absolute Gasteiger partial charge is 0.414 e. The number of rotatable bonds is 7. The van der Waals surface area contributed by atoms with Gasteiger partial charge in [-0.15, -0.1) is 23.2 Å². The monoisotopic (exact) mass is 702 g/mol. The molecule has 3 aromatic carbocycles. The third-order valence-electron chi connectivity index (χ3n) is 6.97. The van der Waals surface area contributed by atoms with E-state index in [1.54, 1.807) is 58.2 Å². The highest BCUT2D eigenvalue weighted by Crippen LogP contribution is 2.65. The van der Waals surface area contributed by atoms with Crippen LogP contribution in [-0.2, 0) is 16.0 Å². The molecule has 1 N–H and O–H groups in total. The lowest BCUT2D eigenvalue weighted by atomic mass is 9.98. The molecule has 0 aromatic heterocycles. The maximum absolute atomic E-state index is 13.3. The van der Waals surface area contributed by atoms with Gasteiger partial charge in [-0.2, -0.15) is 0 Å². The molecule has 0 saturated heterocycles. The van der Waals surface area contributed by atoms with Crippen LogP contribution >= 0.6 is 69.6 Å². The number of ether oxygens (including phenoxy) is 1. The molecule has 3 aromatic rings. The number of carbonyl (C=O) groups excluding carboxylic acids is 3. The summed E-state index contributed by atoms with van der Waals surface area (Å²) in [5.74, 6) is -2.08. The Bertz CT molecular complexity index is 1600. The van der Waals surface area contributed by atoms with Gasteiger partial charge in [0.2, 0.25) is 5.91 Å². The molecule has 43 heavy (non-hydrogen) atoms. The number of Topliss-reactive ketones (excluding diaryl/α,β-unsaturated/α-hetero) is 1. The first-order valence-corrected chi connectivity index (χ1v) is 15.4. The number of carbonyl (C=O) groups is 3. The fourth-order valence-corrected chi connectivity index (χ4v) is 6.31. The van der Waals surface area contributed by atoms with Crippen molar-refractivity contribution in [1.29, 1.82) is 0 Å². The number of anilines is 2. The number of hydrogen-bond acceptors (Lipinski definition) is 4. The summed E-state index contributed by atoms with van der Waals surface area (Å²) in [5.41, 5.74) is 2.73. The van der Waals surface area contributed by atoms with Crippen molar-refractivity contribution in [3.05, 3.63) is 90.9 Å². The highest BCUT2D eigenvalue weighted by molar-refractivity contribution is 6.54. The van der Waals surface area contributed by atoms with Gasteiger partial charge < -0.3 is 10.1 Å². The van der Waals surface area contributed by atoms with Crippen molar-refractivity contribution in [2.24, 2.45) is 5.92 Å². The van der Waals surface area contributed by atoms with E-state index in [9.17, 15) is 14.4 Å². The van der Waals surface area contributed by atoms with Crippen molar-refractivity contribution >= 4 is 98.8 Å². The van der Waals surface area contributed by atoms with E-state index in [4.69, 9.17) is 74.3 Å². The van der Waals surface area contributed by atoms with Crippen LogP contribution in [0.3, 0.4) is 0 Å². The van der Waals surface area contributed by atoms with Gasteiger partial charge in [-0.25, -0.2) is 4.79 Å². The number of nitrogens with one attached hydrogen (secondary N) is 1. The standard InChI is InChI=1S/C31H28Cl6N2O4/c1-15-10-19(39(5)29(42)43-30(2,3)4)8-6-16(15)13-24(40)20-14-18(7-9-21(20)32)38-28(41)26-25(31(26,36)37)17-11-22(33)27(35)23(34)12-17/h6-12,14,25-26H,13H2,1-5H3,(H,38,41). The first-order valence-electron chi connectivity index (χ1n) is 13.1. The lowest BCUT2D eigenvalue weighted by Gasteiger charge is -2.25. The second-order valence-electron chi connectivity index (χ2n) is 11.4. The number of benzene rings is 3. The zero-order chi connectivity index (χ0) is 32.0. The van der Waals surface area contributed by atoms with Gasteiger partial charge in [0, 0.05) is 36.3 Å². The van der Waals surface area contributed by atoms with Gasteiger partial charge in [0.05, 0.1) is 26.0 Å². The molecular formula is C31H28Cl6N2O4. The fraction of sp³-hybridized carbons (Fsp3) is 0.323. The average Bonchev–Trinajstić information content (AvgIpc) is 3.49. The Kier molecular flexibility index (Phi) is 9.92. The van der Waals surface area contributed by atoms with Crippen LogP contribution in [-0.4, -0.2) is 34.8 Å². The molecule has 0 bridgehead atoms. The van der Waals surface area contributed by atoms with Gasteiger partial charge in [-0.3, -0.25) is 14.5 Å². The lowest BCUT2D eigenvalue weighted by Crippen LogP contribution is -2.34. The minimum atomic E-state index is -1.39. The van der Waals surface area contributed by atoms with Crippen LogP contribution in [0, 0.1) is 12.8 Å². The number of ketones is 1. The molecule has 12 heteroatoms. The van der Waals surface area contributed by atoms with Crippen molar-refractivity contribution in [3.8, 4) is 0 Å². The van der Waals surface area contributed by atoms with E-state index < -0.39 is 33.8 Å². The van der Waals surface area contributed by atoms with E-state index in [-0.39, 0.29) is 37.9 Å². The summed E-state index contributed by atoms with van der Waals surface area (Å²) in [7, 11) is 1.62. The van der Waals surface area contributed by atoms with Crippen molar-refractivity contribution in [1.82, 2.24) is 0 Å². The predicted octanol–water partition coefficient (Wildman–Crippen LogP) is 9.93. The van der Waals surface area contributed by atoms with Crippen LogP contribution in [0.1, 0.15) is 53.7 Å². The van der Waals surface area contributed by atoms with Crippen molar-refractivity contribution in [2.75, 3.05) is 17.3 Å². The number of amides is 2. The summed E-state index contributed by atoms with van der Waals surface area (Å²) in [5, 5.41) is 3.66. The van der Waals surface area contributed by atoms with E-state index in [1.165, 1.54) is 17.0 Å². The molecule has 1 saturated carbocycles. The van der Waals surface area contributed by atoms with Crippen LogP contribution in [0.5, 0.6) is 0 Å². The van der Waals surface area contributed by atoms with Gasteiger partial charge in [0.15, 0.2) is 5.78 Å². The van der Waals surface area contributed by atoms with Gasteiger partial charge in [0.25, 0.3) is 0 Å². The molecule has 0 aliphatic heterocycles. The van der Waals surface area contributed by atoms with Gasteiger partial charge >= 0.3 is 6.09 Å². The van der Waals surface area contributed by atoms with E-state index in [0.29, 0.717) is 16.9 Å². The van der Waals surface area contributed by atoms with E-state index in [2.05, 4.69) is 5.32 Å². The van der Waals surface area contributed by atoms with Gasteiger partial charge in [-0.1, -0.05) is 52.5 Å². The second-order valence-corrected chi connectivity index (χ2v) is 14.4. The molecule has 1 aliphatic rings. The first-order chi connectivity index (χ1) is 19.9. The third kappa shape index (κ3) is 7.55. The molecule has 0 radical (unpaired) electrons. The normalized spacial score (nSPS) is 17.3. The SMILES string of the molecule is Cc1cc(N(C)C(=O)OC(C)(C)C)ccc1CC(=O)c1cc(NC(=O)C2C(c3cc(Cl)c(Cl)c(Cl)c3)C2(Cl)Cl)ccc1Cl. The number of aryl methyl sites for hydroxylation is 1. The molecule has 6 nitrogen and oxygen atoms in total. The molecule has 0 spiro atoms. The summed E-state index contributed by atoms with van der Waals surface area (Å²) >= 11 is 37.7. The Morgan fingerprint density at radius 1 is 0.930 bits per heavy atom.